The van der Waals surface area contributed by atoms with Crippen molar-refractivity contribution in [2.75, 3.05) is 51.6 Å². The summed E-state index contributed by atoms with van der Waals surface area (Å²) in [4.78, 5) is 16.4. The SMILES string of the molecule is CCN1CCN(C(=O)CCCCS(=O)(=O)N2CCCCC2)CC1. The van der Waals surface area contributed by atoms with Gasteiger partial charge < -0.3 is 9.80 Å². The number of piperazine rings is 1. The average molecular weight is 346 g/mol. The molecule has 6 nitrogen and oxygen atoms in total. The second-order valence-corrected chi connectivity index (χ2v) is 8.64. The summed E-state index contributed by atoms with van der Waals surface area (Å²) in [6.45, 7) is 8.03. The Labute approximate surface area is 140 Å². The van der Waals surface area contributed by atoms with Gasteiger partial charge in [0.1, 0.15) is 0 Å². The van der Waals surface area contributed by atoms with Crippen LogP contribution >= 0.6 is 0 Å². The van der Waals surface area contributed by atoms with Crippen molar-refractivity contribution in [1.82, 2.24) is 14.1 Å². The molecule has 1 amide bonds. The zero-order valence-corrected chi connectivity index (χ0v) is 15.2. The van der Waals surface area contributed by atoms with Gasteiger partial charge in [-0.2, -0.15) is 0 Å². The Hall–Kier alpha value is -0.660. The lowest BCUT2D eigenvalue weighted by atomic mass is 10.2. The van der Waals surface area contributed by atoms with Gasteiger partial charge >= 0.3 is 0 Å². The van der Waals surface area contributed by atoms with Crippen molar-refractivity contribution in [3.8, 4) is 0 Å². The Balaban J connectivity index is 1.64. The summed E-state index contributed by atoms with van der Waals surface area (Å²) in [5.74, 6) is 0.361. The maximum Gasteiger partial charge on any atom is 0.222 e. The fraction of sp³-hybridized carbons (Fsp3) is 0.938. The molecule has 0 bridgehead atoms. The van der Waals surface area contributed by atoms with Gasteiger partial charge in [-0.05, 0) is 32.2 Å². The van der Waals surface area contributed by atoms with E-state index in [9.17, 15) is 13.2 Å². The Kier molecular flexibility index (Phi) is 7.30. The second kappa shape index (κ2) is 8.99. The van der Waals surface area contributed by atoms with Crippen LogP contribution in [0.15, 0.2) is 0 Å². The first-order chi connectivity index (χ1) is 11.0. The van der Waals surface area contributed by atoms with E-state index >= 15 is 0 Å². The summed E-state index contributed by atoms with van der Waals surface area (Å²) in [6.07, 6.45) is 4.80. The van der Waals surface area contributed by atoms with Crippen LogP contribution in [0.5, 0.6) is 0 Å². The first kappa shape index (κ1) is 18.7. The largest absolute Gasteiger partial charge is 0.340 e. The van der Waals surface area contributed by atoms with Crippen molar-refractivity contribution >= 4 is 15.9 Å². The van der Waals surface area contributed by atoms with Gasteiger partial charge in [0, 0.05) is 45.7 Å². The molecule has 2 aliphatic heterocycles. The van der Waals surface area contributed by atoms with E-state index in [2.05, 4.69) is 11.8 Å². The number of hydrogen-bond donors (Lipinski definition) is 0. The van der Waals surface area contributed by atoms with Crippen molar-refractivity contribution < 1.29 is 13.2 Å². The molecule has 0 aromatic heterocycles. The smallest absolute Gasteiger partial charge is 0.222 e. The first-order valence-corrected chi connectivity index (χ1v) is 10.6. The van der Waals surface area contributed by atoms with Crippen molar-refractivity contribution in [1.29, 1.82) is 0 Å². The van der Waals surface area contributed by atoms with Gasteiger partial charge in [0.15, 0.2) is 0 Å². The number of unbranched alkanes of at least 4 members (excludes halogenated alkanes) is 1. The van der Waals surface area contributed by atoms with Crippen molar-refractivity contribution in [3.63, 3.8) is 0 Å². The van der Waals surface area contributed by atoms with Crippen LogP contribution in [-0.2, 0) is 14.8 Å². The highest BCUT2D eigenvalue weighted by molar-refractivity contribution is 7.89. The number of piperidine rings is 1. The van der Waals surface area contributed by atoms with E-state index in [1.165, 1.54) is 0 Å². The highest BCUT2D eigenvalue weighted by atomic mass is 32.2. The maximum absolute atomic E-state index is 12.2. The molecule has 0 saturated carbocycles. The minimum Gasteiger partial charge on any atom is -0.340 e. The van der Waals surface area contributed by atoms with Crippen LogP contribution in [0.1, 0.15) is 45.4 Å². The zero-order chi connectivity index (χ0) is 16.7. The van der Waals surface area contributed by atoms with Crippen LogP contribution in [0.4, 0.5) is 0 Å². The molecule has 0 aromatic carbocycles. The molecule has 0 aromatic rings. The molecule has 23 heavy (non-hydrogen) atoms. The van der Waals surface area contributed by atoms with E-state index in [-0.39, 0.29) is 11.7 Å². The third kappa shape index (κ3) is 5.72. The molecule has 0 radical (unpaired) electrons. The lowest BCUT2D eigenvalue weighted by Gasteiger charge is -2.34. The van der Waals surface area contributed by atoms with Crippen molar-refractivity contribution in [3.05, 3.63) is 0 Å². The molecule has 0 aliphatic carbocycles. The minimum atomic E-state index is -3.12. The predicted molar refractivity (Wildman–Crippen MR) is 91.8 cm³/mol. The Morgan fingerprint density at radius 1 is 0.913 bits per heavy atom. The first-order valence-electron chi connectivity index (χ1n) is 9.01. The zero-order valence-electron chi connectivity index (χ0n) is 14.4. The molecule has 0 spiro atoms. The number of nitrogens with zero attached hydrogens (tertiary/aromatic N) is 3. The van der Waals surface area contributed by atoms with E-state index < -0.39 is 10.0 Å². The highest BCUT2D eigenvalue weighted by Crippen LogP contribution is 2.15. The number of carbonyl (C=O) groups is 1. The van der Waals surface area contributed by atoms with Crippen LogP contribution in [0, 0.1) is 0 Å². The number of rotatable bonds is 7. The van der Waals surface area contributed by atoms with E-state index in [1.807, 2.05) is 4.90 Å². The third-order valence-corrected chi connectivity index (χ3v) is 6.88. The summed E-state index contributed by atoms with van der Waals surface area (Å²) in [6, 6.07) is 0. The van der Waals surface area contributed by atoms with Gasteiger partial charge in [-0.25, -0.2) is 12.7 Å². The minimum absolute atomic E-state index is 0.177. The number of carbonyl (C=O) groups excluding carboxylic acids is 1. The van der Waals surface area contributed by atoms with Gasteiger partial charge in [-0.1, -0.05) is 13.3 Å². The molecule has 134 valence electrons. The number of hydrogen-bond acceptors (Lipinski definition) is 4. The van der Waals surface area contributed by atoms with Gasteiger partial charge in [-0.3, -0.25) is 4.79 Å². The van der Waals surface area contributed by atoms with Crippen LogP contribution in [-0.4, -0.2) is 80.0 Å². The Morgan fingerprint density at radius 3 is 2.17 bits per heavy atom. The van der Waals surface area contributed by atoms with Gasteiger partial charge in [0.25, 0.3) is 0 Å². The van der Waals surface area contributed by atoms with E-state index in [0.29, 0.717) is 32.4 Å². The lowest BCUT2D eigenvalue weighted by Crippen LogP contribution is -2.48. The molecular formula is C16H31N3O3S. The molecule has 2 saturated heterocycles. The van der Waals surface area contributed by atoms with Crippen LogP contribution < -0.4 is 0 Å². The molecule has 2 rings (SSSR count). The maximum atomic E-state index is 12.2. The highest BCUT2D eigenvalue weighted by Gasteiger charge is 2.24. The quantitative estimate of drug-likeness (QED) is 0.649. The Bertz CT molecular complexity index is 467. The van der Waals surface area contributed by atoms with Gasteiger partial charge in [-0.15, -0.1) is 0 Å². The second-order valence-electron chi connectivity index (χ2n) is 6.55. The number of sulfonamides is 1. The van der Waals surface area contributed by atoms with Crippen molar-refractivity contribution in [2.45, 2.75) is 45.4 Å². The monoisotopic (exact) mass is 345 g/mol. The third-order valence-electron chi connectivity index (χ3n) is 4.92. The van der Waals surface area contributed by atoms with Crippen molar-refractivity contribution in [2.24, 2.45) is 0 Å². The molecule has 0 unspecified atom stereocenters. The normalized spacial score (nSPS) is 21.5. The number of likely N-dealkylation sites (N-methyl/N-ethyl adjacent to an activating group) is 1. The summed E-state index contributed by atoms with van der Waals surface area (Å²) < 4.78 is 26.1. The Morgan fingerprint density at radius 2 is 1.57 bits per heavy atom. The van der Waals surface area contributed by atoms with Crippen LogP contribution in [0.3, 0.4) is 0 Å². The summed E-state index contributed by atoms with van der Waals surface area (Å²) >= 11 is 0. The molecular weight excluding hydrogens is 314 g/mol. The standard InChI is InChI=1S/C16H31N3O3S/c1-2-17-11-13-18(14-12-17)16(20)8-4-7-15-23(21,22)19-9-5-3-6-10-19/h2-15H2,1H3. The van der Waals surface area contributed by atoms with E-state index in [1.54, 1.807) is 4.31 Å². The van der Waals surface area contributed by atoms with Crippen LogP contribution in [0.2, 0.25) is 0 Å². The molecule has 7 heteroatoms. The lowest BCUT2D eigenvalue weighted by molar-refractivity contribution is -0.133. The molecule has 2 fully saturated rings. The summed E-state index contributed by atoms with van der Waals surface area (Å²) in [7, 11) is -3.12. The van der Waals surface area contributed by atoms with Gasteiger partial charge in [0.05, 0.1) is 5.75 Å². The predicted octanol–water partition coefficient (Wildman–Crippen LogP) is 1.14. The summed E-state index contributed by atoms with van der Waals surface area (Å²) in [5.41, 5.74) is 0. The molecule has 0 N–H and O–H groups in total. The van der Waals surface area contributed by atoms with E-state index in [4.69, 9.17) is 0 Å². The van der Waals surface area contributed by atoms with Crippen LogP contribution in [0.25, 0.3) is 0 Å². The fourth-order valence-corrected chi connectivity index (χ4v) is 4.95. The summed E-state index contributed by atoms with van der Waals surface area (Å²) in [5, 5.41) is 0. The van der Waals surface area contributed by atoms with E-state index in [0.717, 1.165) is 52.0 Å². The fourth-order valence-electron chi connectivity index (χ4n) is 3.30. The molecule has 2 heterocycles. The topological polar surface area (TPSA) is 60.9 Å². The number of amides is 1. The molecule has 2 aliphatic rings. The molecule has 0 atom stereocenters. The van der Waals surface area contributed by atoms with Gasteiger partial charge in [0.2, 0.25) is 15.9 Å². The average Bonchev–Trinajstić information content (AvgIpc) is 2.59.